The highest BCUT2D eigenvalue weighted by Crippen LogP contribution is 2.33. The summed E-state index contributed by atoms with van der Waals surface area (Å²) in [4.78, 5) is 12.7. The minimum Gasteiger partial charge on any atom is -0.317 e. The van der Waals surface area contributed by atoms with Crippen molar-refractivity contribution >= 4 is 22.0 Å². The van der Waals surface area contributed by atoms with Gasteiger partial charge in [-0.25, -0.2) is 17.7 Å². The lowest BCUT2D eigenvalue weighted by Gasteiger charge is -2.13. The van der Waals surface area contributed by atoms with Crippen LogP contribution in [0.5, 0.6) is 0 Å². The zero-order valence-electron chi connectivity index (χ0n) is 16.6. The molecule has 1 atom stereocenters. The first-order valence-corrected chi connectivity index (χ1v) is 10.3. The number of aromatic nitrogens is 3. The van der Waals surface area contributed by atoms with Gasteiger partial charge < -0.3 is 4.57 Å². The van der Waals surface area contributed by atoms with Crippen molar-refractivity contribution in [1.82, 2.24) is 19.1 Å². The molecule has 2 heterocycles. The molecule has 0 saturated carbocycles. The van der Waals surface area contributed by atoms with E-state index < -0.39 is 22.9 Å². The quantitative estimate of drug-likeness (QED) is 0.463. The molecule has 2 N–H and O–H groups in total. The van der Waals surface area contributed by atoms with E-state index >= 15 is 0 Å². The Balaban J connectivity index is 1.96. The van der Waals surface area contributed by atoms with Crippen molar-refractivity contribution in [2.75, 3.05) is 0 Å². The fraction of sp³-hybridized carbons (Fsp3) is 0.143. The van der Waals surface area contributed by atoms with E-state index in [4.69, 9.17) is 4.55 Å². The van der Waals surface area contributed by atoms with Gasteiger partial charge in [0.15, 0.2) is 0 Å². The van der Waals surface area contributed by atoms with Crippen molar-refractivity contribution in [3.63, 3.8) is 0 Å². The van der Waals surface area contributed by atoms with Gasteiger partial charge in [-0.1, -0.05) is 6.07 Å². The molecule has 4 rings (SSSR count). The molecule has 31 heavy (non-hydrogen) atoms. The third-order valence-corrected chi connectivity index (χ3v) is 5.43. The Kier molecular flexibility index (Phi) is 5.52. The van der Waals surface area contributed by atoms with E-state index in [-0.39, 0.29) is 23.2 Å². The first-order chi connectivity index (χ1) is 14.7. The van der Waals surface area contributed by atoms with E-state index in [1.165, 1.54) is 16.8 Å². The van der Waals surface area contributed by atoms with Crippen LogP contribution in [0.1, 0.15) is 5.56 Å². The molecule has 10 heteroatoms. The van der Waals surface area contributed by atoms with E-state index in [0.29, 0.717) is 16.3 Å². The molecule has 0 aliphatic carbocycles. The maximum absolute atomic E-state index is 14.8. The number of nitrogens with zero attached hydrogens (tertiary/aromatic N) is 3. The second-order valence-corrected chi connectivity index (χ2v) is 7.90. The molecule has 0 aliphatic heterocycles. The van der Waals surface area contributed by atoms with Crippen LogP contribution in [-0.2, 0) is 31.9 Å². The van der Waals surface area contributed by atoms with Crippen molar-refractivity contribution in [3.05, 3.63) is 76.5 Å². The summed E-state index contributed by atoms with van der Waals surface area (Å²) in [6.07, 6.45) is 4.99. The normalized spacial score (nSPS) is 12.4. The van der Waals surface area contributed by atoms with Crippen molar-refractivity contribution in [2.24, 2.45) is 14.1 Å². The van der Waals surface area contributed by atoms with E-state index in [0.717, 1.165) is 17.2 Å². The number of benzene rings is 2. The first-order valence-electron chi connectivity index (χ1n) is 9.19. The molecule has 0 spiro atoms. The van der Waals surface area contributed by atoms with Crippen LogP contribution < -0.4 is 10.3 Å². The average molecular weight is 444 g/mol. The van der Waals surface area contributed by atoms with E-state index in [1.54, 1.807) is 43.2 Å². The third kappa shape index (κ3) is 4.05. The number of rotatable bonds is 5. The monoisotopic (exact) mass is 444 g/mol. The van der Waals surface area contributed by atoms with Crippen LogP contribution in [0, 0.1) is 11.6 Å². The standard InChI is InChI=1S/C21H18F2N4O3S/c1-26-11-18(17-6-13(9-25-31(29)30)19(22)7-20(17)23)16-5-12(3-4-15(16)21(26)28)14-8-24-27(2)10-14/h3-8,10-11,25H,9H2,1-2H3,(H,29,30). The lowest BCUT2D eigenvalue weighted by Crippen LogP contribution is -2.17. The number of fused-ring (bicyclic) bond motifs is 1. The lowest BCUT2D eigenvalue weighted by atomic mass is 9.96. The van der Waals surface area contributed by atoms with Gasteiger partial charge >= 0.3 is 0 Å². The molecule has 160 valence electrons. The molecule has 0 aliphatic rings. The molecule has 0 fully saturated rings. The van der Waals surface area contributed by atoms with Gasteiger partial charge in [0.2, 0.25) is 11.3 Å². The van der Waals surface area contributed by atoms with Crippen LogP contribution >= 0.6 is 0 Å². The third-order valence-electron chi connectivity index (χ3n) is 5.03. The Morgan fingerprint density at radius 1 is 1.03 bits per heavy atom. The van der Waals surface area contributed by atoms with Crippen molar-refractivity contribution in [3.8, 4) is 22.3 Å². The summed E-state index contributed by atoms with van der Waals surface area (Å²) in [6, 6.07) is 7.24. The van der Waals surface area contributed by atoms with Crippen molar-refractivity contribution in [1.29, 1.82) is 0 Å². The van der Waals surface area contributed by atoms with Crippen LogP contribution in [0.25, 0.3) is 33.0 Å². The zero-order valence-corrected chi connectivity index (χ0v) is 17.4. The number of hydrogen-bond donors (Lipinski definition) is 2. The summed E-state index contributed by atoms with van der Waals surface area (Å²) < 4.78 is 54.0. The second-order valence-electron chi connectivity index (χ2n) is 7.12. The van der Waals surface area contributed by atoms with Gasteiger partial charge in [0.25, 0.3) is 5.56 Å². The second kappa shape index (κ2) is 8.14. The SMILES string of the molecule is Cn1cc(-c2ccc3c(=O)n(C)cc(-c4cc(CNS(=O)O)c(F)cc4F)c3c2)cn1. The van der Waals surface area contributed by atoms with Gasteiger partial charge in [0.05, 0.1) is 6.20 Å². The smallest absolute Gasteiger partial charge is 0.258 e. The lowest BCUT2D eigenvalue weighted by molar-refractivity contribution is 0.543. The van der Waals surface area contributed by atoms with Gasteiger partial charge in [-0.2, -0.15) is 5.10 Å². The van der Waals surface area contributed by atoms with Crippen LogP contribution in [-0.4, -0.2) is 23.1 Å². The first kappa shape index (κ1) is 21.0. The Morgan fingerprint density at radius 3 is 2.48 bits per heavy atom. The number of pyridine rings is 1. The number of aryl methyl sites for hydroxylation is 2. The molecule has 7 nitrogen and oxygen atoms in total. The molecule has 2 aromatic carbocycles. The number of halogens is 2. The highest BCUT2D eigenvalue weighted by atomic mass is 32.2. The summed E-state index contributed by atoms with van der Waals surface area (Å²) in [5.41, 5.74) is 1.85. The van der Waals surface area contributed by atoms with Crippen molar-refractivity contribution < 1.29 is 17.5 Å². The van der Waals surface area contributed by atoms with Gasteiger partial charge in [-0.3, -0.25) is 14.0 Å². The minimum atomic E-state index is -2.35. The summed E-state index contributed by atoms with van der Waals surface area (Å²) in [7, 11) is 3.34. The molecule has 0 saturated heterocycles. The van der Waals surface area contributed by atoms with Gasteiger partial charge in [-0.05, 0) is 29.1 Å². The molecule has 0 amide bonds. The molecule has 0 bridgehead atoms. The molecular weight excluding hydrogens is 426 g/mol. The topological polar surface area (TPSA) is 89.2 Å². The maximum atomic E-state index is 14.8. The van der Waals surface area contributed by atoms with Crippen LogP contribution in [0.15, 0.2) is 53.7 Å². The summed E-state index contributed by atoms with van der Waals surface area (Å²) in [5.74, 6) is -1.65. The highest BCUT2D eigenvalue weighted by molar-refractivity contribution is 7.77. The number of nitrogens with one attached hydrogen (secondary N) is 1. The van der Waals surface area contributed by atoms with Gasteiger partial charge in [0.1, 0.15) is 11.6 Å². The van der Waals surface area contributed by atoms with E-state index in [1.807, 2.05) is 6.20 Å². The van der Waals surface area contributed by atoms with Gasteiger partial charge in [0, 0.05) is 66.7 Å². The van der Waals surface area contributed by atoms with Crippen LogP contribution in [0.3, 0.4) is 0 Å². The molecule has 2 aromatic heterocycles. The summed E-state index contributed by atoms with van der Waals surface area (Å²) in [5, 5.41) is 5.03. The predicted molar refractivity (Wildman–Crippen MR) is 114 cm³/mol. The zero-order chi connectivity index (χ0) is 22.3. The van der Waals surface area contributed by atoms with E-state index in [2.05, 4.69) is 9.82 Å². The predicted octanol–water partition coefficient (Wildman–Crippen LogP) is 3.11. The summed E-state index contributed by atoms with van der Waals surface area (Å²) >= 11 is -2.35. The minimum absolute atomic E-state index is 0.0178. The van der Waals surface area contributed by atoms with Gasteiger partial charge in [-0.15, -0.1) is 0 Å². The molecular formula is C21H18F2N4O3S. The Hall–Kier alpha value is -3.21. The highest BCUT2D eigenvalue weighted by Gasteiger charge is 2.17. The van der Waals surface area contributed by atoms with Crippen molar-refractivity contribution in [2.45, 2.75) is 6.54 Å². The Bertz CT molecular complexity index is 1400. The Morgan fingerprint density at radius 2 is 1.81 bits per heavy atom. The fourth-order valence-corrected chi connectivity index (χ4v) is 3.78. The van der Waals surface area contributed by atoms with E-state index in [9.17, 15) is 17.8 Å². The Labute approximate surface area is 178 Å². The molecule has 1 unspecified atom stereocenters. The largest absolute Gasteiger partial charge is 0.317 e. The average Bonchev–Trinajstić information content (AvgIpc) is 3.16. The fourth-order valence-electron chi connectivity index (χ4n) is 3.51. The molecule has 4 aromatic rings. The number of hydrogen-bond acceptors (Lipinski definition) is 3. The maximum Gasteiger partial charge on any atom is 0.258 e. The van der Waals surface area contributed by atoms with Crippen LogP contribution in [0.2, 0.25) is 0 Å². The molecule has 0 radical (unpaired) electrons. The summed E-state index contributed by atoms with van der Waals surface area (Å²) in [6.45, 7) is -0.271. The van der Waals surface area contributed by atoms with Crippen LogP contribution in [0.4, 0.5) is 8.78 Å².